The van der Waals surface area contributed by atoms with Crippen LogP contribution in [-0.2, 0) is 10.0 Å². The molecule has 16 heavy (non-hydrogen) atoms. The Morgan fingerprint density at radius 2 is 1.94 bits per heavy atom. The highest BCUT2D eigenvalue weighted by atomic mass is 32.2. The first-order chi connectivity index (χ1) is 7.42. The second-order valence-corrected chi connectivity index (χ2v) is 6.37. The molecule has 0 aromatic rings. The van der Waals surface area contributed by atoms with E-state index in [4.69, 9.17) is 5.26 Å². The van der Waals surface area contributed by atoms with Crippen LogP contribution in [0, 0.1) is 11.3 Å². The summed E-state index contributed by atoms with van der Waals surface area (Å²) < 4.78 is 25.3. The first-order valence-electron chi connectivity index (χ1n) is 5.44. The number of hydrogen-bond donors (Lipinski definition) is 1. The van der Waals surface area contributed by atoms with Crippen LogP contribution in [-0.4, -0.2) is 45.2 Å². The van der Waals surface area contributed by atoms with Crippen molar-refractivity contribution in [3.63, 3.8) is 0 Å². The van der Waals surface area contributed by atoms with Crippen molar-refractivity contribution in [2.24, 2.45) is 0 Å². The molecule has 1 N–H and O–H groups in total. The van der Waals surface area contributed by atoms with Gasteiger partial charge in [-0.3, -0.25) is 0 Å². The van der Waals surface area contributed by atoms with E-state index in [2.05, 4.69) is 9.62 Å². The third-order valence-corrected chi connectivity index (χ3v) is 4.45. The van der Waals surface area contributed by atoms with E-state index >= 15 is 0 Å². The first kappa shape index (κ1) is 13.4. The normalized spacial score (nSPS) is 19.9. The van der Waals surface area contributed by atoms with Gasteiger partial charge in [0, 0.05) is 12.1 Å². The SMILES string of the molecule is CN(C)C1(CNS(=O)(=O)CC#N)CCCC1. The van der Waals surface area contributed by atoms with E-state index in [9.17, 15) is 8.42 Å². The van der Waals surface area contributed by atoms with Crippen LogP contribution in [0.25, 0.3) is 0 Å². The number of hydrogen-bond acceptors (Lipinski definition) is 4. The molecule has 1 aliphatic carbocycles. The maximum absolute atomic E-state index is 11.4. The van der Waals surface area contributed by atoms with Gasteiger partial charge in [0.05, 0.1) is 6.07 Å². The van der Waals surface area contributed by atoms with Gasteiger partial charge in [0.15, 0.2) is 5.75 Å². The molecule has 1 fully saturated rings. The predicted octanol–water partition coefficient (Wildman–Crippen LogP) is 0.304. The summed E-state index contributed by atoms with van der Waals surface area (Å²) in [5.74, 6) is -0.462. The molecule has 0 amide bonds. The van der Waals surface area contributed by atoms with Gasteiger partial charge < -0.3 is 4.90 Å². The third kappa shape index (κ3) is 3.17. The summed E-state index contributed by atoms with van der Waals surface area (Å²) >= 11 is 0. The van der Waals surface area contributed by atoms with Crippen LogP contribution in [0.2, 0.25) is 0 Å². The highest BCUT2D eigenvalue weighted by molar-refractivity contribution is 7.89. The van der Waals surface area contributed by atoms with E-state index in [0.29, 0.717) is 6.54 Å². The van der Waals surface area contributed by atoms with Gasteiger partial charge in [0.1, 0.15) is 0 Å². The average Bonchev–Trinajstić information content (AvgIpc) is 2.64. The van der Waals surface area contributed by atoms with Crippen LogP contribution in [0.5, 0.6) is 0 Å². The Bertz CT molecular complexity index is 364. The molecule has 1 saturated carbocycles. The zero-order valence-corrected chi connectivity index (χ0v) is 10.7. The Hall–Kier alpha value is -0.640. The molecule has 0 saturated heterocycles. The number of nitrogens with zero attached hydrogens (tertiary/aromatic N) is 2. The number of sulfonamides is 1. The molecule has 0 unspecified atom stereocenters. The van der Waals surface area contributed by atoms with Crippen molar-refractivity contribution in [1.29, 1.82) is 5.26 Å². The largest absolute Gasteiger partial charge is 0.302 e. The Morgan fingerprint density at radius 1 is 1.38 bits per heavy atom. The lowest BCUT2D eigenvalue weighted by Crippen LogP contribution is -2.51. The van der Waals surface area contributed by atoms with Crippen molar-refractivity contribution in [3.05, 3.63) is 0 Å². The molecule has 0 radical (unpaired) electrons. The second kappa shape index (κ2) is 5.13. The summed E-state index contributed by atoms with van der Waals surface area (Å²) in [6.45, 7) is 0.407. The van der Waals surface area contributed by atoms with E-state index in [1.165, 1.54) is 0 Å². The van der Waals surface area contributed by atoms with Gasteiger partial charge in [-0.25, -0.2) is 13.1 Å². The fraction of sp³-hybridized carbons (Fsp3) is 0.900. The quantitative estimate of drug-likeness (QED) is 0.756. The van der Waals surface area contributed by atoms with Crippen molar-refractivity contribution in [2.45, 2.75) is 31.2 Å². The molecule has 6 heteroatoms. The Labute approximate surface area is 97.5 Å². The molecule has 0 aromatic carbocycles. The topological polar surface area (TPSA) is 73.2 Å². The van der Waals surface area contributed by atoms with Gasteiger partial charge in [-0.05, 0) is 26.9 Å². The van der Waals surface area contributed by atoms with E-state index in [0.717, 1.165) is 25.7 Å². The standard InChI is InChI=1S/C10H19N3O2S/c1-13(2)10(5-3-4-6-10)9-12-16(14,15)8-7-11/h12H,3-6,8-9H2,1-2H3. The van der Waals surface area contributed by atoms with Gasteiger partial charge in [-0.1, -0.05) is 12.8 Å². The van der Waals surface area contributed by atoms with Crippen LogP contribution in [0.15, 0.2) is 0 Å². The minimum absolute atomic E-state index is 0.0669. The number of nitriles is 1. The molecule has 1 aliphatic rings. The smallest absolute Gasteiger partial charge is 0.225 e. The number of rotatable bonds is 5. The van der Waals surface area contributed by atoms with Gasteiger partial charge in [-0.2, -0.15) is 5.26 Å². The lowest BCUT2D eigenvalue weighted by molar-refractivity contribution is 0.162. The molecule has 5 nitrogen and oxygen atoms in total. The van der Waals surface area contributed by atoms with Gasteiger partial charge in [0.2, 0.25) is 10.0 Å². The van der Waals surface area contributed by atoms with Crippen molar-refractivity contribution in [1.82, 2.24) is 9.62 Å². The zero-order chi connectivity index (χ0) is 12.2. The van der Waals surface area contributed by atoms with E-state index in [-0.39, 0.29) is 5.54 Å². The summed E-state index contributed by atoms with van der Waals surface area (Å²) in [5, 5.41) is 8.39. The molecule has 0 atom stereocenters. The fourth-order valence-electron chi connectivity index (χ4n) is 2.20. The molecule has 0 bridgehead atoms. The average molecular weight is 245 g/mol. The predicted molar refractivity (Wildman–Crippen MR) is 62.3 cm³/mol. The Morgan fingerprint density at radius 3 is 2.38 bits per heavy atom. The van der Waals surface area contributed by atoms with Gasteiger partial charge in [-0.15, -0.1) is 0 Å². The highest BCUT2D eigenvalue weighted by Crippen LogP contribution is 2.33. The minimum Gasteiger partial charge on any atom is -0.302 e. The van der Waals surface area contributed by atoms with Crippen molar-refractivity contribution >= 4 is 10.0 Å². The summed E-state index contributed by atoms with van der Waals surface area (Å²) in [4.78, 5) is 2.09. The summed E-state index contributed by atoms with van der Waals surface area (Å²) in [7, 11) is 0.524. The fourth-order valence-corrected chi connectivity index (χ4v) is 2.96. The van der Waals surface area contributed by atoms with Crippen LogP contribution in [0.1, 0.15) is 25.7 Å². The van der Waals surface area contributed by atoms with E-state index in [1.807, 2.05) is 14.1 Å². The van der Waals surface area contributed by atoms with E-state index in [1.54, 1.807) is 6.07 Å². The van der Waals surface area contributed by atoms with Crippen molar-refractivity contribution in [3.8, 4) is 6.07 Å². The number of likely N-dealkylation sites (N-methyl/N-ethyl adjacent to an activating group) is 1. The Balaban J connectivity index is 2.62. The van der Waals surface area contributed by atoms with Crippen LogP contribution in [0.4, 0.5) is 0 Å². The minimum atomic E-state index is -3.43. The van der Waals surface area contributed by atoms with Crippen LogP contribution in [0.3, 0.4) is 0 Å². The second-order valence-electron chi connectivity index (χ2n) is 4.56. The first-order valence-corrected chi connectivity index (χ1v) is 7.09. The molecule has 0 aliphatic heterocycles. The van der Waals surface area contributed by atoms with Crippen molar-refractivity contribution < 1.29 is 8.42 Å². The van der Waals surface area contributed by atoms with Crippen LogP contribution >= 0.6 is 0 Å². The molecule has 0 heterocycles. The lowest BCUT2D eigenvalue weighted by atomic mass is 9.97. The van der Waals surface area contributed by atoms with E-state index < -0.39 is 15.8 Å². The number of nitrogens with one attached hydrogen (secondary N) is 1. The summed E-state index contributed by atoms with van der Waals surface area (Å²) in [6.07, 6.45) is 4.29. The Kier molecular flexibility index (Phi) is 4.30. The maximum Gasteiger partial charge on any atom is 0.225 e. The van der Waals surface area contributed by atoms with Crippen LogP contribution < -0.4 is 4.72 Å². The van der Waals surface area contributed by atoms with Gasteiger partial charge in [0.25, 0.3) is 0 Å². The summed E-state index contributed by atoms with van der Waals surface area (Å²) in [6, 6.07) is 1.66. The molecule has 92 valence electrons. The monoisotopic (exact) mass is 245 g/mol. The van der Waals surface area contributed by atoms with Gasteiger partial charge >= 0.3 is 0 Å². The highest BCUT2D eigenvalue weighted by Gasteiger charge is 2.36. The molecule has 1 rings (SSSR count). The summed E-state index contributed by atoms with van der Waals surface area (Å²) in [5.41, 5.74) is -0.0669. The third-order valence-electron chi connectivity index (χ3n) is 3.36. The lowest BCUT2D eigenvalue weighted by Gasteiger charge is -2.36. The molecule has 0 aromatic heterocycles. The zero-order valence-electron chi connectivity index (χ0n) is 9.86. The van der Waals surface area contributed by atoms with Crippen molar-refractivity contribution in [2.75, 3.05) is 26.4 Å². The molecule has 0 spiro atoms. The molecular formula is C10H19N3O2S. The molecular weight excluding hydrogens is 226 g/mol. The maximum atomic E-state index is 11.4.